The largest absolute Gasteiger partial charge is 0.480 e. The standard InChI is InChI=1S/C8H16FNO2/c1-3-4-8(2,7(11)12)10-6-5-9/h10H,3-6H2,1-2H3,(H,11,12). The zero-order valence-electron chi connectivity index (χ0n) is 7.56. The van der Waals surface area contributed by atoms with Crippen LogP contribution in [0.2, 0.25) is 0 Å². The molecule has 0 saturated heterocycles. The molecule has 0 aliphatic rings. The zero-order chi connectivity index (χ0) is 9.61. The second-order valence-corrected chi connectivity index (χ2v) is 3.00. The minimum atomic E-state index is -0.971. The Labute approximate surface area is 72.0 Å². The lowest BCUT2D eigenvalue weighted by Crippen LogP contribution is -2.50. The van der Waals surface area contributed by atoms with Crippen molar-refractivity contribution in [3.05, 3.63) is 0 Å². The molecule has 0 saturated carbocycles. The topological polar surface area (TPSA) is 49.3 Å². The minimum Gasteiger partial charge on any atom is -0.480 e. The van der Waals surface area contributed by atoms with E-state index in [0.717, 1.165) is 6.42 Å². The van der Waals surface area contributed by atoms with Crippen LogP contribution >= 0.6 is 0 Å². The van der Waals surface area contributed by atoms with E-state index in [4.69, 9.17) is 5.11 Å². The van der Waals surface area contributed by atoms with Gasteiger partial charge >= 0.3 is 5.97 Å². The fourth-order valence-electron chi connectivity index (χ4n) is 1.09. The van der Waals surface area contributed by atoms with Gasteiger partial charge in [0.05, 0.1) is 0 Å². The molecule has 12 heavy (non-hydrogen) atoms. The van der Waals surface area contributed by atoms with Crippen molar-refractivity contribution in [2.75, 3.05) is 13.2 Å². The van der Waals surface area contributed by atoms with Crippen LogP contribution in [0.1, 0.15) is 26.7 Å². The number of alkyl halides is 1. The first-order valence-corrected chi connectivity index (χ1v) is 4.11. The smallest absolute Gasteiger partial charge is 0.323 e. The molecule has 0 rings (SSSR count). The molecular formula is C8H16FNO2. The average molecular weight is 177 g/mol. The highest BCUT2D eigenvalue weighted by molar-refractivity contribution is 5.78. The molecule has 0 aromatic rings. The molecule has 0 aliphatic carbocycles. The van der Waals surface area contributed by atoms with Crippen LogP contribution in [0.15, 0.2) is 0 Å². The van der Waals surface area contributed by atoms with Crippen LogP contribution in [0.3, 0.4) is 0 Å². The molecule has 0 amide bonds. The molecule has 0 aromatic heterocycles. The Morgan fingerprint density at radius 2 is 2.25 bits per heavy atom. The quantitative estimate of drug-likeness (QED) is 0.640. The lowest BCUT2D eigenvalue weighted by Gasteiger charge is -2.25. The number of carboxylic acids is 1. The Morgan fingerprint density at radius 1 is 1.67 bits per heavy atom. The van der Waals surface area contributed by atoms with Crippen LogP contribution in [-0.2, 0) is 4.79 Å². The molecule has 72 valence electrons. The summed E-state index contributed by atoms with van der Waals surface area (Å²) in [6.45, 7) is 3.04. The van der Waals surface area contributed by atoms with Gasteiger partial charge in [0.25, 0.3) is 0 Å². The predicted molar refractivity (Wildman–Crippen MR) is 44.9 cm³/mol. The number of carbonyl (C=O) groups is 1. The molecule has 2 N–H and O–H groups in total. The van der Waals surface area contributed by atoms with Gasteiger partial charge in [-0.15, -0.1) is 0 Å². The zero-order valence-corrected chi connectivity index (χ0v) is 7.56. The van der Waals surface area contributed by atoms with Crippen molar-refractivity contribution >= 4 is 5.97 Å². The van der Waals surface area contributed by atoms with Crippen molar-refractivity contribution in [3.63, 3.8) is 0 Å². The van der Waals surface area contributed by atoms with E-state index in [-0.39, 0.29) is 6.54 Å². The molecule has 1 unspecified atom stereocenters. The van der Waals surface area contributed by atoms with Crippen LogP contribution < -0.4 is 5.32 Å². The van der Waals surface area contributed by atoms with Gasteiger partial charge in [0, 0.05) is 6.54 Å². The third kappa shape index (κ3) is 3.17. The molecule has 1 atom stereocenters. The highest BCUT2D eigenvalue weighted by Crippen LogP contribution is 2.11. The number of hydrogen-bond acceptors (Lipinski definition) is 2. The van der Waals surface area contributed by atoms with Gasteiger partial charge in [0.2, 0.25) is 0 Å². The maximum Gasteiger partial charge on any atom is 0.323 e. The Balaban J connectivity index is 4.08. The van der Waals surface area contributed by atoms with Crippen molar-refractivity contribution < 1.29 is 14.3 Å². The van der Waals surface area contributed by atoms with Gasteiger partial charge in [0.1, 0.15) is 12.2 Å². The van der Waals surface area contributed by atoms with Crippen molar-refractivity contribution in [1.82, 2.24) is 5.32 Å². The minimum absolute atomic E-state index is 0.100. The van der Waals surface area contributed by atoms with Crippen molar-refractivity contribution in [2.24, 2.45) is 0 Å². The number of nitrogens with one attached hydrogen (secondary N) is 1. The maximum absolute atomic E-state index is 11.8. The highest BCUT2D eigenvalue weighted by atomic mass is 19.1. The number of halogens is 1. The van der Waals surface area contributed by atoms with E-state index in [9.17, 15) is 9.18 Å². The third-order valence-corrected chi connectivity index (χ3v) is 1.83. The first-order valence-electron chi connectivity index (χ1n) is 4.11. The summed E-state index contributed by atoms with van der Waals surface area (Å²) in [4.78, 5) is 10.7. The number of rotatable bonds is 6. The fraction of sp³-hybridized carbons (Fsp3) is 0.875. The summed E-state index contributed by atoms with van der Waals surface area (Å²) < 4.78 is 11.8. The Morgan fingerprint density at radius 3 is 2.58 bits per heavy atom. The van der Waals surface area contributed by atoms with E-state index in [2.05, 4.69) is 5.32 Å². The number of hydrogen-bond donors (Lipinski definition) is 2. The number of carboxylic acid groups (broad SMARTS) is 1. The maximum atomic E-state index is 11.8. The number of aliphatic carboxylic acids is 1. The molecular weight excluding hydrogens is 161 g/mol. The van der Waals surface area contributed by atoms with Crippen LogP contribution in [-0.4, -0.2) is 29.8 Å². The third-order valence-electron chi connectivity index (χ3n) is 1.83. The van der Waals surface area contributed by atoms with Crippen LogP contribution in [0.5, 0.6) is 0 Å². The monoisotopic (exact) mass is 177 g/mol. The van der Waals surface area contributed by atoms with Gasteiger partial charge in [-0.1, -0.05) is 13.3 Å². The normalized spacial score (nSPS) is 15.6. The lowest BCUT2D eigenvalue weighted by molar-refractivity contribution is -0.144. The van der Waals surface area contributed by atoms with Crippen molar-refractivity contribution in [3.8, 4) is 0 Å². The molecule has 4 heteroatoms. The molecule has 3 nitrogen and oxygen atoms in total. The predicted octanol–water partition coefficient (Wildman–Crippen LogP) is 1.19. The van der Waals surface area contributed by atoms with Gasteiger partial charge in [-0.3, -0.25) is 10.1 Å². The van der Waals surface area contributed by atoms with Crippen LogP contribution in [0.4, 0.5) is 4.39 Å². The van der Waals surface area contributed by atoms with Gasteiger partial charge in [-0.05, 0) is 13.3 Å². The van der Waals surface area contributed by atoms with E-state index >= 15 is 0 Å². The Bertz CT molecular complexity index is 152. The Hall–Kier alpha value is -0.640. The molecule has 0 fully saturated rings. The molecule has 0 radical (unpaired) electrons. The summed E-state index contributed by atoms with van der Waals surface area (Å²) in [5.74, 6) is -0.919. The molecule has 0 spiro atoms. The lowest BCUT2D eigenvalue weighted by atomic mass is 9.96. The summed E-state index contributed by atoms with van der Waals surface area (Å²) in [5.41, 5.74) is -0.971. The summed E-state index contributed by atoms with van der Waals surface area (Å²) in [6.07, 6.45) is 1.28. The van der Waals surface area contributed by atoms with Crippen LogP contribution in [0, 0.1) is 0 Å². The highest BCUT2D eigenvalue weighted by Gasteiger charge is 2.30. The molecule has 0 bridgehead atoms. The van der Waals surface area contributed by atoms with Gasteiger partial charge in [-0.2, -0.15) is 0 Å². The molecule has 0 aromatic carbocycles. The molecule has 0 aliphatic heterocycles. The van der Waals surface area contributed by atoms with E-state index in [0.29, 0.717) is 6.42 Å². The second kappa shape index (κ2) is 5.09. The van der Waals surface area contributed by atoms with E-state index in [1.165, 1.54) is 0 Å². The Kier molecular flexibility index (Phi) is 4.81. The summed E-state index contributed by atoms with van der Waals surface area (Å²) in [7, 11) is 0. The van der Waals surface area contributed by atoms with Crippen molar-refractivity contribution in [1.29, 1.82) is 0 Å². The van der Waals surface area contributed by atoms with Gasteiger partial charge < -0.3 is 5.11 Å². The molecule has 0 heterocycles. The van der Waals surface area contributed by atoms with Crippen LogP contribution in [0.25, 0.3) is 0 Å². The summed E-state index contributed by atoms with van der Waals surface area (Å²) in [5, 5.41) is 11.5. The average Bonchev–Trinajstić information content (AvgIpc) is 2.01. The van der Waals surface area contributed by atoms with Gasteiger partial charge in [0.15, 0.2) is 0 Å². The van der Waals surface area contributed by atoms with Gasteiger partial charge in [-0.25, -0.2) is 4.39 Å². The summed E-state index contributed by atoms with van der Waals surface area (Å²) >= 11 is 0. The van der Waals surface area contributed by atoms with E-state index in [1.807, 2.05) is 6.92 Å². The van der Waals surface area contributed by atoms with E-state index < -0.39 is 18.2 Å². The first kappa shape index (κ1) is 11.4. The SMILES string of the molecule is CCCC(C)(NCCF)C(=O)O. The second-order valence-electron chi connectivity index (χ2n) is 3.00. The van der Waals surface area contributed by atoms with E-state index in [1.54, 1.807) is 6.92 Å². The van der Waals surface area contributed by atoms with Crippen molar-refractivity contribution in [2.45, 2.75) is 32.2 Å². The first-order chi connectivity index (χ1) is 5.56. The summed E-state index contributed by atoms with van der Waals surface area (Å²) in [6, 6.07) is 0. The fourth-order valence-corrected chi connectivity index (χ4v) is 1.09.